The van der Waals surface area contributed by atoms with Gasteiger partial charge in [-0.3, -0.25) is 9.78 Å². The van der Waals surface area contributed by atoms with E-state index in [-0.39, 0.29) is 17.9 Å². The van der Waals surface area contributed by atoms with Crippen LogP contribution in [0.4, 0.5) is 4.79 Å². The fraction of sp³-hybridized carbons (Fsp3) is 0.588. The first kappa shape index (κ1) is 17.2. The van der Waals surface area contributed by atoms with Gasteiger partial charge in [-0.15, -0.1) is 0 Å². The van der Waals surface area contributed by atoms with Crippen molar-refractivity contribution in [2.24, 2.45) is 11.3 Å². The molecular weight excluding hydrogens is 294 g/mol. The Kier molecular flexibility index (Phi) is 5.23. The fourth-order valence-corrected chi connectivity index (χ4v) is 2.93. The van der Waals surface area contributed by atoms with E-state index in [1.165, 1.54) is 12.7 Å². The molecule has 2 heterocycles. The molecule has 1 aromatic heterocycles. The maximum atomic E-state index is 12.4. The zero-order valence-corrected chi connectivity index (χ0v) is 14.3. The summed E-state index contributed by atoms with van der Waals surface area (Å²) in [5, 5.41) is 2.88. The van der Waals surface area contributed by atoms with Crippen molar-refractivity contribution in [2.75, 3.05) is 20.2 Å². The highest BCUT2D eigenvalue weighted by Crippen LogP contribution is 2.36. The minimum Gasteiger partial charge on any atom is -0.469 e. The number of nitrogens with zero attached hydrogens (tertiary/aromatic N) is 2. The molecule has 6 nitrogen and oxygen atoms in total. The molecule has 0 aliphatic carbocycles. The second kappa shape index (κ2) is 6.98. The Morgan fingerprint density at radius 3 is 2.91 bits per heavy atom. The fourth-order valence-electron chi connectivity index (χ4n) is 2.93. The number of methoxy groups -OCH3 is 1. The molecule has 2 atom stereocenters. The van der Waals surface area contributed by atoms with E-state index in [9.17, 15) is 9.59 Å². The smallest absolute Gasteiger partial charge is 0.317 e. The number of nitrogens with one attached hydrogen (secondary N) is 1. The highest BCUT2D eigenvalue weighted by molar-refractivity contribution is 5.81. The summed E-state index contributed by atoms with van der Waals surface area (Å²) in [6.45, 7) is 7.19. The van der Waals surface area contributed by atoms with Crippen LogP contribution in [0.2, 0.25) is 0 Å². The third-order valence-electron chi connectivity index (χ3n) is 4.75. The second-order valence-corrected chi connectivity index (χ2v) is 6.36. The van der Waals surface area contributed by atoms with Crippen molar-refractivity contribution < 1.29 is 14.3 Å². The lowest BCUT2D eigenvalue weighted by Crippen LogP contribution is -2.41. The number of urea groups is 1. The molecule has 6 heteroatoms. The number of hydrogen-bond acceptors (Lipinski definition) is 4. The molecule has 0 saturated carbocycles. The lowest BCUT2D eigenvalue weighted by molar-refractivity contribution is -0.152. The van der Waals surface area contributed by atoms with Gasteiger partial charge in [-0.1, -0.05) is 13.8 Å². The Labute approximate surface area is 137 Å². The summed E-state index contributed by atoms with van der Waals surface area (Å²) in [6.07, 6.45) is 2.69. The quantitative estimate of drug-likeness (QED) is 0.862. The van der Waals surface area contributed by atoms with Gasteiger partial charge in [-0.2, -0.15) is 0 Å². The lowest BCUT2D eigenvalue weighted by atomic mass is 9.81. The molecule has 2 amide bonds. The minimum absolute atomic E-state index is 0.0576. The Bertz CT molecular complexity index is 590. The van der Waals surface area contributed by atoms with Crippen LogP contribution in [0.1, 0.15) is 32.0 Å². The number of esters is 1. The van der Waals surface area contributed by atoms with Crippen LogP contribution in [0, 0.1) is 11.3 Å². The van der Waals surface area contributed by atoms with Crippen LogP contribution >= 0.6 is 0 Å². The number of aryl methyl sites for hydroxylation is 1. The Balaban J connectivity index is 1.95. The molecular formula is C17H25N3O3. The number of carbonyl (C=O) groups is 2. The molecule has 0 spiro atoms. The van der Waals surface area contributed by atoms with Crippen molar-refractivity contribution in [3.63, 3.8) is 0 Å². The number of carbonyl (C=O) groups excluding carboxylic acids is 2. The Morgan fingerprint density at radius 1 is 1.52 bits per heavy atom. The van der Waals surface area contributed by atoms with Gasteiger partial charge < -0.3 is 15.0 Å². The molecule has 1 aliphatic rings. The predicted molar refractivity (Wildman–Crippen MR) is 86.7 cm³/mol. The minimum atomic E-state index is -0.646. The molecule has 1 fully saturated rings. The van der Waals surface area contributed by atoms with Crippen molar-refractivity contribution in [1.82, 2.24) is 15.2 Å². The van der Waals surface area contributed by atoms with Crippen molar-refractivity contribution in [1.29, 1.82) is 0 Å². The van der Waals surface area contributed by atoms with E-state index in [4.69, 9.17) is 4.74 Å². The van der Waals surface area contributed by atoms with Gasteiger partial charge in [0.15, 0.2) is 0 Å². The van der Waals surface area contributed by atoms with Gasteiger partial charge in [0.1, 0.15) is 0 Å². The summed E-state index contributed by atoms with van der Waals surface area (Å²) in [5.74, 6) is -0.208. The number of pyridine rings is 1. The summed E-state index contributed by atoms with van der Waals surface area (Å²) >= 11 is 0. The summed E-state index contributed by atoms with van der Waals surface area (Å²) < 4.78 is 4.88. The summed E-state index contributed by atoms with van der Waals surface area (Å²) in [4.78, 5) is 30.3. The number of aromatic nitrogens is 1. The normalized spacial score (nSPS) is 23.7. The van der Waals surface area contributed by atoms with E-state index in [1.54, 1.807) is 11.1 Å². The average molecular weight is 319 g/mol. The first-order valence-corrected chi connectivity index (χ1v) is 7.95. The zero-order chi connectivity index (χ0) is 17.0. The number of rotatable bonds is 4. The van der Waals surface area contributed by atoms with Gasteiger partial charge in [-0.25, -0.2) is 4.79 Å². The highest BCUT2D eigenvalue weighted by atomic mass is 16.5. The maximum Gasteiger partial charge on any atom is 0.317 e. The van der Waals surface area contributed by atoms with E-state index in [1.807, 2.05) is 26.0 Å². The topological polar surface area (TPSA) is 71.5 Å². The molecule has 1 saturated heterocycles. The Morgan fingerprint density at radius 2 is 2.26 bits per heavy atom. The molecule has 1 aromatic rings. The molecule has 0 radical (unpaired) electrons. The Hall–Kier alpha value is -2.11. The first-order chi connectivity index (χ1) is 10.9. The molecule has 0 bridgehead atoms. The standard InChI is InChI=1S/C17H25N3O3/c1-5-13-6-7-18-14(8-13)9-19-16(22)20-10-12(2)17(3,11-20)15(21)23-4/h6-8,12H,5,9-11H2,1-4H3,(H,19,22)/t12-,17-/m1/s1. The maximum absolute atomic E-state index is 12.4. The summed E-state index contributed by atoms with van der Waals surface area (Å²) in [5.41, 5.74) is 1.38. The third-order valence-corrected chi connectivity index (χ3v) is 4.75. The monoisotopic (exact) mass is 319 g/mol. The van der Waals surface area contributed by atoms with Crippen molar-refractivity contribution >= 4 is 12.0 Å². The third kappa shape index (κ3) is 3.63. The van der Waals surface area contributed by atoms with Crippen molar-refractivity contribution in [3.05, 3.63) is 29.6 Å². The molecule has 2 rings (SSSR count). The van der Waals surface area contributed by atoms with Gasteiger partial charge in [0.25, 0.3) is 0 Å². The van der Waals surface area contributed by atoms with Crippen LogP contribution in [0.25, 0.3) is 0 Å². The van der Waals surface area contributed by atoms with Gasteiger partial charge in [-0.05, 0) is 37.0 Å². The molecule has 1 aliphatic heterocycles. The lowest BCUT2D eigenvalue weighted by Gasteiger charge is -2.24. The molecule has 0 unspecified atom stereocenters. The van der Waals surface area contributed by atoms with Crippen LogP contribution in [0.5, 0.6) is 0 Å². The summed E-state index contributed by atoms with van der Waals surface area (Å²) in [7, 11) is 1.38. The first-order valence-electron chi connectivity index (χ1n) is 7.95. The number of likely N-dealkylation sites (tertiary alicyclic amines) is 1. The predicted octanol–water partition coefficient (Wildman–Crippen LogP) is 1.98. The number of amides is 2. The van der Waals surface area contributed by atoms with Crippen molar-refractivity contribution in [3.8, 4) is 0 Å². The van der Waals surface area contributed by atoms with Crippen LogP contribution < -0.4 is 5.32 Å². The number of hydrogen-bond donors (Lipinski definition) is 1. The second-order valence-electron chi connectivity index (χ2n) is 6.36. The van der Waals surface area contributed by atoms with Crippen LogP contribution in [0.3, 0.4) is 0 Å². The van der Waals surface area contributed by atoms with Crippen LogP contribution in [-0.4, -0.2) is 42.1 Å². The van der Waals surface area contributed by atoms with E-state index in [2.05, 4.69) is 17.2 Å². The van der Waals surface area contributed by atoms with Crippen LogP contribution in [0.15, 0.2) is 18.3 Å². The van der Waals surface area contributed by atoms with Crippen LogP contribution in [-0.2, 0) is 22.5 Å². The number of ether oxygens (including phenoxy) is 1. The van der Waals surface area contributed by atoms with E-state index >= 15 is 0 Å². The van der Waals surface area contributed by atoms with Gasteiger partial charge in [0.05, 0.1) is 24.8 Å². The van der Waals surface area contributed by atoms with Crippen molar-refractivity contribution in [2.45, 2.75) is 33.7 Å². The van der Waals surface area contributed by atoms with E-state index < -0.39 is 5.41 Å². The molecule has 23 heavy (non-hydrogen) atoms. The average Bonchev–Trinajstić information content (AvgIpc) is 2.88. The van der Waals surface area contributed by atoms with E-state index in [0.29, 0.717) is 19.6 Å². The molecule has 1 N–H and O–H groups in total. The SMILES string of the molecule is CCc1ccnc(CNC(=O)N2C[C@@H](C)[C@](C)(C(=O)OC)C2)c1. The van der Waals surface area contributed by atoms with Gasteiger partial charge in [0, 0.05) is 19.3 Å². The zero-order valence-electron chi connectivity index (χ0n) is 14.3. The largest absolute Gasteiger partial charge is 0.469 e. The van der Waals surface area contributed by atoms with Gasteiger partial charge in [0.2, 0.25) is 0 Å². The van der Waals surface area contributed by atoms with Gasteiger partial charge >= 0.3 is 12.0 Å². The summed E-state index contributed by atoms with van der Waals surface area (Å²) in [6, 6.07) is 3.79. The molecule has 126 valence electrons. The highest BCUT2D eigenvalue weighted by Gasteiger charge is 2.48. The van der Waals surface area contributed by atoms with E-state index in [0.717, 1.165) is 12.1 Å². The molecule has 0 aromatic carbocycles.